The fraction of sp³-hybridized carbons (Fsp3) is 0. The van der Waals surface area contributed by atoms with E-state index in [4.69, 9.17) is 27.0 Å². The molecule has 130 valence electrons. The molecule has 0 aliphatic carbocycles. The minimum atomic E-state index is -3.81. The monoisotopic (exact) mass is 398 g/mol. The van der Waals surface area contributed by atoms with Crippen molar-refractivity contribution in [2.24, 2.45) is 5.14 Å². The highest BCUT2D eigenvalue weighted by Gasteiger charge is 2.23. The summed E-state index contributed by atoms with van der Waals surface area (Å²) in [5, 5.41) is 11.4. The third kappa shape index (κ3) is 3.66. The molecule has 3 rings (SSSR count). The van der Waals surface area contributed by atoms with Crippen molar-refractivity contribution in [1.29, 1.82) is 0 Å². The smallest absolute Gasteiger partial charge is 0.263 e. The third-order valence-electron chi connectivity index (χ3n) is 3.19. The van der Waals surface area contributed by atoms with Gasteiger partial charge in [0.05, 0.1) is 14.1 Å². The van der Waals surface area contributed by atoms with Gasteiger partial charge in [0.2, 0.25) is 15.9 Å². The average molecular weight is 399 g/mol. The number of carbonyl (C=O) groups is 1. The molecule has 0 saturated carbocycles. The summed E-state index contributed by atoms with van der Waals surface area (Å²) in [4.78, 5) is 13.1. The van der Waals surface area contributed by atoms with E-state index >= 15 is 0 Å². The van der Waals surface area contributed by atoms with Crippen molar-refractivity contribution in [3.05, 3.63) is 46.3 Å². The second-order valence-corrected chi connectivity index (χ2v) is 8.17. The van der Waals surface area contributed by atoms with Gasteiger partial charge in [0.1, 0.15) is 11.3 Å². The van der Waals surface area contributed by atoms with Gasteiger partial charge in [-0.3, -0.25) is 4.79 Å². The van der Waals surface area contributed by atoms with Gasteiger partial charge in [0.15, 0.2) is 0 Å². The first-order valence-corrected chi connectivity index (χ1v) is 9.45. The van der Waals surface area contributed by atoms with Crippen LogP contribution in [0.25, 0.3) is 10.6 Å². The van der Waals surface area contributed by atoms with Crippen LogP contribution in [0.15, 0.2) is 45.8 Å². The van der Waals surface area contributed by atoms with Gasteiger partial charge < -0.3 is 15.6 Å². The number of sulfonamides is 1. The van der Waals surface area contributed by atoms with E-state index in [1.54, 1.807) is 12.1 Å². The maximum Gasteiger partial charge on any atom is 0.263 e. The number of primary sulfonamides is 1. The van der Waals surface area contributed by atoms with Crippen molar-refractivity contribution in [2.45, 2.75) is 4.90 Å². The maximum atomic E-state index is 12.5. The Morgan fingerprint density at radius 1 is 1.20 bits per heavy atom. The molecule has 0 aliphatic heterocycles. The Hall–Kier alpha value is -2.40. The summed E-state index contributed by atoms with van der Waals surface area (Å²) in [5.74, 6) is -0.695. The zero-order valence-electron chi connectivity index (χ0n) is 12.4. The summed E-state index contributed by atoms with van der Waals surface area (Å²) < 4.78 is 27.9. The van der Waals surface area contributed by atoms with Crippen LogP contribution in [-0.4, -0.2) is 19.5 Å². The van der Waals surface area contributed by atoms with Crippen LogP contribution in [0.3, 0.4) is 0 Å². The van der Waals surface area contributed by atoms with Crippen molar-refractivity contribution in [1.82, 2.24) is 5.16 Å². The van der Waals surface area contributed by atoms with Gasteiger partial charge >= 0.3 is 0 Å². The predicted molar refractivity (Wildman–Crippen MR) is 95.0 cm³/mol. The van der Waals surface area contributed by atoms with Crippen LogP contribution >= 0.6 is 22.9 Å². The number of nitrogens with zero attached hydrogens (tertiary/aromatic N) is 1. The number of nitrogen functional groups attached to an aromatic ring is 1. The Labute approximate surface area is 151 Å². The number of nitrogens with two attached hydrogens (primary N) is 2. The van der Waals surface area contributed by atoms with Gasteiger partial charge in [0, 0.05) is 5.69 Å². The SMILES string of the molecule is Nc1onc(-c2ccc(Cl)s2)c1C(=O)Nc1ccc(S(N)(=O)=O)cc1. The van der Waals surface area contributed by atoms with Crippen molar-refractivity contribution in [2.75, 3.05) is 11.1 Å². The zero-order chi connectivity index (χ0) is 18.2. The highest BCUT2D eigenvalue weighted by atomic mass is 35.5. The highest BCUT2D eigenvalue weighted by Crippen LogP contribution is 2.34. The first-order chi connectivity index (χ1) is 11.8. The molecule has 2 heterocycles. The lowest BCUT2D eigenvalue weighted by Gasteiger charge is -2.06. The van der Waals surface area contributed by atoms with E-state index < -0.39 is 15.9 Å². The van der Waals surface area contributed by atoms with E-state index in [1.165, 1.54) is 35.6 Å². The number of thiophene rings is 1. The fourth-order valence-corrected chi connectivity index (χ4v) is 3.60. The summed E-state index contributed by atoms with van der Waals surface area (Å²) in [6.07, 6.45) is 0. The minimum Gasteiger partial charge on any atom is -0.367 e. The molecule has 0 bridgehead atoms. The lowest BCUT2D eigenvalue weighted by atomic mass is 10.2. The molecule has 2 aromatic heterocycles. The number of carbonyl (C=O) groups excluding carboxylic acids is 1. The zero-order valence-corrected chi connectivity index (χ0v) is 14.8. The quantitative estimate of drug-likeness (QED) is 0.616. The second kappa shape index (κ2) is 6.48. The van der Waals surface area contributed by atoms with Crippen molar-refractivity contribution < 1.29 is 17.7 Å². The lowest BCUT2D eigenvalue weighted by Crippen LogP contribution is -2.15. The molecule has 0 fully saturated rings. The highest BCUT2D eigenvalue weighted by molar-refractivity contribution is 7.89. The number of hydrogen-bond donors (Lipinski definition) is 3. The summed E-state index contributed by atoms with van der Waals surface area (Å²) in [6.45, 7) is 0. The number of benzene rings is 1. The molecule has 11 heteroatoms. The number of amides is 1. The van der Waals surface area contributed by atoms with E-state index in [-0.39, 0.29) is 22.0 Å². The van der Waals surface area contributed by atoms with Crippen LogP contribution in [0.4, 0.5) is 11.6 Å². The van der Waals surface area contributed by atoms with Gasteiger partial charge in [-0.15, -0.1) is 11.3 Å². The molecular formula is C14H11ClN4O4S2. The van der Waals surface area contributed by atoms with E-state index in [9.17, 15) is 13.2 Å². The Balaban J connectivity index is 1.88. The Morgan fingerprint density at radius 2 is 1.88 bits per heavy atom. The van der Waals surface area contributed by atoms with Crippen LogP contribution in [0, 0.1) is 0 Å². The van der Waals surface area contributed by atoms with Gasteiger partial charge in [-0.05, 0) is 36.4 Å². The summed E-state index contributed by atoms with van der Waals surface area (Å²) >= 11 is 7.12. The number of anilines is 2. The molecular weight excluding hydrogens is 388 g/mol. The number of hydrogen-bond acceptors (Lipinski definition) is 7. The number of rotatable bonds is 4. The summed E-state index contributed by atoms with van der Waals surface area (Å²) in [6, 6.07) is 8.73. The van der Waals surface area contributed by atoms with E-state index in [1.807, 2.05) is 0 Å². The molecule has 5 N–H and O–H groups in total. The molecule has 0 saturated heterocycles. The molecule has 3 aromatic rings. The van der Waals surface area contributed by atoms with Crippen LogP contribution in [0.2, 0.25) is 4.34 Å². The summed E-state index contributed by atoms with van der Waals surface area (Å²) in [5.41, 5.74) is 6.40. The molecule has 0 unspecified atom stereocenters. The molecule has 0 aliphatic rings. The van der Waals surface area contributed by atoms with Crippen molar-refractivity contribution in [3.8, 4) is 10.6 Å². The number of nitrogens with one attached hydrogen (secondary N) is 1. The summed E-state index contributed by atoms with van der Waals surface area (Å²) in [7, 11) is -3.81. The molecule has 8 nitrogen and oxygen atoms in total. The van der Waals surface area contributed by atoms with E-state index in [2.05, 4.69) is 10.5 Å². The first-order valence-electron chi connectivity index (χ1n) is 6.71. The largest absolute Gasteiger partial charge is 0.367 e. The molecule has 25 heavy (non-hydrogen) atoms. The number of aromatic nitrogens is 1. The average Bonchev–Trinajstić information content (AvgIpc) is 3.12. The predicted octanol–water partition coefficient (Wildman–Crippen LogP) is 2.54. The molecule has 0 atom stereocenters. The topological polar surface area (TPSA) is 141 Å². The van der Waals surface area contributed by atoms with Crippen molar-refractivity contribution >= 4 is 50.4 Å². The molecule has 0 spiro atoms. The van der Waals surface area contributed by atoms with Crippen molar-refractivity contribution in [3.63, 3.8) is 0 Å². The fourth-order valence-electron chi connectivity index (χ4n) is 2.05. The maximum absolute atomic E-state index is 12.5. The van der Waals surface area contributed by atoms with E-state index in [0.717, 1.165) is 0 Å². The van der Waals surface area contributed by atoms with Gasteiger partial charge in [0.25, 0.3) is 5.91 Å². The second-order valence-electron chi connectivity index (χ2n) is 4.90. The Bertz CT molecular complexity index is 1040. The van der Waals surface area contributed by atoms with E-state index in [0.29, 0.717) is 14.9 Å². The first kappa shape index (κ1) is 17.4. The van der Waals surface area contributed by atoms with Crippen LogP contribution < -0.4 is 16.2 Å². The molecule has 1 aromatic carbocycles. The van der Waals surface area contributed by atoms with Crippen LogP contribution in [0.1, 0.15) is 10.4 Å². The van der Waals surface area contributed by atoms with Crippen LogP contribution in [0.5, 0.6) is 0 Å². The van der Waals surface area contributed by atoms with Crippen LogP contribution in [-0.2, 0) is 10.0 Å². The lowest BCUT2D eigenvalue weighted by molar-refractivity contribution is 0.102. The normalized spacial score (nSPS) is 11.4. The molecule has 0 radical (unpaired) electrons. The Kier molecular flexibility index (Phi) is 4.52. The van der Waals surface area contributed by atoms with Gasteiger partial charge in [-0.1, -0.05) is 16.8 Å². The minimum absolute atomic E-state index is 0.0639. The third-order valence-corrected chi connectivity index (χ3v) is 5.36. The number of halogens is 1. The Morgan fingerprint density at radius 3 is 2.44 bits per heavy atom. The van der Waals surface area contributed by atoms with Gasteiger partial charge in [-0.2, -0.15) is 0 Å². The standard InChI is InChI=1S/C14H11ClN4O4S2/c15-10-6-5-9(24-10)12-11(13(16)23-19-12)14(20)18-7-1-3-8(4-2-7)25(17,21)22/h1-6H,16H2,(H,18,20)(H2,17,21,22). The molecule has 1 amide bonds. The van der Waals surface area contributed by atoms with Gasteiger partial charge in [-0.25, -0.2) is 13.6 Å².